The van der Waals surface area contributed by atoms with Crippen LogP contribution in [0.2, 0.25) is 0 Å². The van der Waals surface area contributed by atoms with Crippen LogP contribution in [-0.2, 0) is 11.3 Å². The summed E-state index contributed by atoms with van der Waals surface area (Å²) in [6.07, 6.45) is -0.922. The van der Waals surface area contributed by atoms with Crippen molar-refractivity contribution >= 4 is 33.6 Å². The number of amidine groups is 1. The summed E-state index contributed by atoms with van der Waals surface area (Å²) in [5, 5.41) is 16.5. The molecule has 2 N–H and O–H groups in total. The van der Waals surface area contributed by atoms with Crippen LogP contribution in [-0.4, -0.2) is 28.0 Å². The van der Waals surface area contributed by atoms with Crippen LogP contribution in [0.3, 0.4) is 0 Å². The Balaban J connectivity index is 1.38. The van der Waals surface area contributed by atoms with Gasteiger partial charge in [0.2, 0.25) is 5.91 Å². The number of aliphatic hydroxyl groups is 1. The molecule has 0 aliphatic heterocycles. The molecule has 4 nitrogen and oxygen atoms in total. The number of aliphatic hydroxyl groups excluding tert-OH is 1. The normalized spacial score (nSPS) is 18.2. The van der Waals surface area contributed by atoms with Gasteiger partial charge < -0.3 is 10.4 Å². The minimum atomic E-state index is -0.922. The molecule has 0 spiro atoms. The molecule has 1 aliphatic carbocycles. The highest BCUT2D eigenvalue weighted by atomic mass is 32.2. The number of benzene rings is 4. The van der Waals surface area contributed by atoms with Crippen LogP contribution >= 0.6 is 11.8 Å². The fraction of sp³-hybridized carbons (Fsp3) is 0.273. The number of hydrogen-bond donors (Lipinski definition) is 2. The van der Waals surface area contributed by atoms with Gasteiger partial charge in [0.25, 0.3) is 0 Å². The van der Waals surface area contributed by atoms with E-state index in [0.29, 0.717) is 17.1 Å². The third-order valence-electron chi connectivity index (χ3n) is 7.73. The first kappa shape index (κ1) is 27.1. The highest BCUT2D eigenvalue weighted by Gasteiger charge is 2.38. The Morgan fingerprint density at radius 2 is 1.49 bits per heavy atom. The molecule has 200 valence electrons. The van der Waals surface area contributed by atoms with Gasteiger partial charge in [-0.15, -0.1) is 0 Å². The molecule has 2 atom stereocenters. The van der Waals surface area contributed by atoms with Crippen molar-refractivity contribution in [2.45, 2.75) is 45.3 Å². The van der Waals surface area contributed by atoms with Crippen LogP contribution in [0.25, 0.3) is 10.8 Å². The van der Waals surface area contributed by atoms with Crippen LogP contribution < -0.4 is 5.32 Å². The topological polar surface area (TPSA) is 61.7 Å². The van der Waals surface area contributed by atoms with E-state index in [1.54, 1.807) is 19.1 Å². The molecule has 0 radical (unpaired) electrons. The predicted molar refractivity (Wildman–Crippen MR) is 159 cm³/mol. The molecular formula is C33H33FN2O2S. The average Bonchev–Trinajstić information content (AvgIpc) is 2.96. The first-order chi connectivity index (χ1) is 18.9. The lowest BCUT2D eigenvalue weighted by Crippen LogP contribution is -2.42. The Morgan fingerprint density at radius 1 is 0.923 bits per heavy atom. The highest BCUT2D eigenvalue weighted by molar-refractivity contribution is 8.13. The van der Waals surface area contributed by atoms with Gasteiger partial charge in [-0.3, -0.25) is 9.79 Å². The highest BCUT2D eigenvalue weighted by Crippen LogP contribution is 2.45. The summed E-state index contributed by atoms with van der Waals surface area (Å²) in [6.45, 7) is 6.26. The van der Waals surface area contributed by atoms with Crippen molar-refractivity contribution in [2.24, 2.45) is 10.9 Å². The number of nitrogens with zero attached hydrogens (tertiary/aromatic N) is 1. The third-order valence-corrected chi connectivity index (χ3v) is 8.52. The van der Waals surface area contributed by atoms with Crippen molar-refractivity contribution < 1.29 is 14.3 Å². The second kappa shape index (κ2) is 11.7. The van der Waals surface area contributed by atoms with Crippen LogP contribution in [0.1, 0.15) is 60.4 Å². The van der Waals surface area contributed by atoms with E-state index < -0.39 is 12.0 Å². The van der Waals surface area contributed by atoms with E-state index in [-0.39, 0.29) is 23.6 Å². The average molecular weight is 541 g/mol. The number of halogens is 1. The van der Waals surface area contributed by atoms with Crippen molar-refractivity contribution in [1.82, 2.24) is 5.32 Å². The summed E-state index contributed by atoms with van der Waals surface area (Å²) in [5.74, 6) is -0.593. The minimum absolute atomic E-state index is 0.215. The van der Waals surface area contributed by atoms with Gasteiger partial charge in [-0.1, -0.05) is 111 Å². The Bertz CT molecular complexity index is 1490. The summed E-state index contributed by atoms with van der Waals surface area (Å²) in [6, 6.07) is 26.9. The largest absolute Gasteiger partial charge is 0.391 e. The Hall–Kier alpha value is -3.48. The van der Waals surface area contributed by atoms with Gasteiger partial charge in [0.05, 0.1) is 18.6 Å². The van der Waals surface area contributed by atoms with E-state index in [1.165, 1.54) is 29.0 Å². The molecule has 0 saturated carbocycles. The summed E-state index contributed by atoms with van der Waals surface area (Å²) in [4.78, 5) is 18.1. The molecule has 1 amide bonds. The number of aliphatic imine (C=N–C) groups is 1. The summed E-state index contributed by atoms with van der Waals surface area (Å²) in [5.41, 5.74) is 5.38. The number of hydrogen-bond acceptors (Lipinski definition) is 4. The van der Waals surface area contributed by atoms with Gasteiger partial charge >= 0.3 is 0 Å². The van der Waals surface area contributed by atoms with Crippen molar-refractivity contribution in [3.05, 3.63) is 119 Å². The summed E-state index contributed by atoms with van der Waals surface area (Å²) in [7, 11) is 0. The molecule has 2 unspecified atom stereocenters. The molecular weight excluding hydrogens is 507 g/mol. The van der Waals surface area contributed by atoms with E-state index in [9.17, 15) is 14.3 Å². The zero-order valence-electron chi connectivity index (χ0n) is 22.4. The molecule has 0 heterocycles. The van der Waals surface area contributed by atoms with Crippen molar-refractivity contribution in [1.29, 1.82) is 0 Å². The van der Waals surface area contributed by atoms with Crippen molar-refractivity contribution in [3.8, 4) is 0 Å². The van der Waals surface area contributed by atoms with Gasteiger partial charge in [0.15, 0.2) is 5.17 Å². The minimum Gasteiger partial charge on any atom is -0.391 e. The Kier molecular flexibility index (Phi) is 8.15. The Morgan fingerprint density at radius 3 is 2.10 bits per heavy atom. The second-order valence-corrected chi connectivity index (χ2v) is 11.3. The van der Waals surface area contributed by atoms with Gasteiger partial charge in [0.1, 0.15) is 5.82 Å². The van der Waals surface area contributed by atoms with Crippen LogP contribution in [0.4, 0.5) is 4.39 Å². The first-order valence-electron chi connectivity index (χ1n) is 13.4. The van der Waals surface area contributed by atoms with E-state index >= 15 is 0 Å². The zero-order chi connectivity index (χ0) is 27.5. The monoisotopic (exact) mass is 540 g/mol. The molecule has 4 aromatic carbocycles. The smallest absolute Gasteiger partial charge is 0.231 e. The number of carbonyl (C=O) groups excluding carboxylic acids is 1. The maximum absolute atomic E-state index is 14.3. The van der Waals surface area contributed by atoms with Gasteiger partial charge in [0, 0.05) is 17.2 Å². The fourth-order valence-electron chi connectivity index (χ4n) is 5.62. The molecule has 0 aromatic heterocycles. The molecule has 0 fully saturated rings. The van der Waals surface area contributed by atoms with Gasteiger partial charge in [-0.25, -0.2) is 4.39 Å². The van der Waals surface area contributed by atoms with E-state index in [1.807, 2.05) is 49.4 Å². The van der Waals surface area contributed by atoms with Gasteiger partial charge in [-0.05, 0) is 45.0 Å². The second-order valence-electron chi connectivity index (χ2n) is 10.0. The number of rotatable bonds is 6. The standard InChI is InChI=1S/C33H33FN2O2S/c1-4-39-33(35-19-22-17-18-29(34)26-14-8-7-13-25(22)26)36-32(38)21(3)31(37)30-27-15-9-5-11-23(27)20(2)24-12-6-10-16-28(24)30/h5-18,20-21,30-31,37H,4,19H2,1-3H3,(H,35,36,38). The maximum atomic E-state index is 14.3. The molecule has 6 heteroatoms. The van der Waals surface area contributed by atoms with E-state index in [2.05, 4.69) is 41.5 Å². The molecule has 0 saturated heterocycles. The zero-order valence-corrected chi connectivity index (χ0v) is 23.2. The molecule has 4 aromatic rings. The van der Waals surface area contributed by atoms with Crippen LogP contribution in [0.5, 0.6) is 0 Å². The number of fused-ring (bicyclic) bond motifs is 3. The van der Waals surface area contributed by atoms with Crippen molar-refractivity contribution in [3.63, 3.8) is 0 Å². The lowest BCUT2D eigenvalue weighted by molar-refractivity contribution is -0.126. The lowest BCUT2D eigenvalue weighted by atomic mass is 9.69. The third kappa shape index (κ3) is 5.36. The van der Waals surface area contributed by atoms with Crippen LogP contribution in [0, 0.1) is 11.7 Å². The van der Waals surface area contributed by atoms with E-state index in [0.717, 1.165) is 27.8 Å². The number of amides is 1. The quantitative estimate of drug-likeness (QED) is 0.205. The fourth-order valence-corrected chi connectivity index (χ4v) is 6.22. The van der Waals surface area contributed by atoms with Gasteiger partial charge in [-0.2, -0.15) is 0 Å². The number of nitrogens with one attached hydrogen (secondary N) is 1. The Labute approximate surface area is 233 Å². The van der Waals surface area contributed by atoms with E-state index in [4.69, 9.17) is 0 Å². The number of thioether (sulfide) groups is 1. The lowest BCUT2D eigenvalue weighted by Gasteiger charge is -2.36. The summed E-state index contributed by atoms with van der Waals surface area (Å²) >= 11 is 1.44. The maximum Gasteiger partial charge on any atom is 0.231 e. The molecule has 39 heavy (non-hydrogen) atoms. The molecule has 1 aliphatic rings. The summed E-state index contributed by atoms with van der Waals surface area (Å²) < 4.78 is 14.3. The molecule has 5 rings (SSSR count). The first-order valence-corrected chi connectivity index (χ1v) is 14.4. The van der Waals surface area contributed by atoms with Crippen LogP contribution in [0.15, 0.2) is 89.9 Å². The van der Waals surface area contributed by atoms with Crippen molar-refractivity contribution in [2.75, 3.05) is 5.75 Å². The SMILES string of the molecule is CCSC(=NCc1ccc(F)c2ccccc12)NC(=O)C(C)C(O)C1c2ccccc2C(C)c2ccccc21. The molecule has 0 bridgehead atoms. The predicted octanol–water partition coefficient (Wildman–Crippen LogP) is 7.00. The number of carbonyl (C=O) groups is 1.